The highest BCUT2D eigenvalue weighted by Gasteiger charge is 2.22. The average Bonchev–Trinajstić information content (AvgIpc) is 3.21. The molecule has 0 radical (unpaired) electrons. The molecule has 5 rings (SSSR count). The Morgan fingerprint density at radius 2 is 1.02 bits per heavy atom. The average molecular weight is 768 g/mol. The third-order valence-corrected chi connectivity index (χ3v) is 8.39. The molecule has 0 spiro atoms. The number of benzene rings is 4. The Labute approximate surface area is 324 Å². The van der Waals surface area contributed by atoms with E-state index in [2.05, 4.69) is 21.3 Å². The molecule has 15 heteroatoms. The zero-order valence-electron chi connectivity index (χ0n) is 31.2. The van der Waals surface area contributed by atoms with Gasteiger partial charge in [-0.2, -0.15) is 0 Å². The molecule has 294 valence electrons. The molecule has 0 bridgehead atoms. The van der Waals surface area contributed by atoms with E-state index in [9.17, 15) is 24.0 Å². The molecule has 4 amide bonds. The number of carbonyl (C=O) groups excluding carboxylic acids is 5. The second-order valence-corrected chi connectivity index (χ2v) is 12.4. The van der Waals surface area contributed by atoms with Crippen LogP contribution in [0.2, 0.25) is 0 Å². The molecule has 1 heterocycles. The molecule has 1 aliphatic heterocycles. The maximum Gasteiger partial charge on any atom is 0.320 e. The second kappa shape index (κ2) is 20.7. The molecule has 0 unspecified atom stereocenters. The molecule has 1 aliphatic rings. The molecule has 0 aromatic heterocycles. The van der Waals surface area contributed by atoms with E-state index in [1.807, 2.05) is 18.7 Å². The summed E-state index contributed by atoms with van der Waals surface area (Å²) in [6.45, 7) is 4.25. The summed E-state index contributed by atoms with van der Waals surface area (Å²) in [5, 5.41) is 11.0. The monoisotopic (exact) mass is 767 g/mol. The Morgan fingerprint density at radius 1 is 0.607 bits per heavy atom. The SMILES string of the molecule is CCN(CC)CC(=O)OC1COc2ccccc2NC(=O)COc2ccccc2C(=O)NCCNC(=O)c2ccccc2OCC(=O)Nc2ccccc2OC1. The molecule has 0 saturated carbocycles. The fourth-order valence-electron chi connectivity index (χ4n) is 5.49. The standard InChI is InChI=1S/C41H45N5O10/c1-3-46(4-2)23-39(49)56-28-24-52-35-19-11-7-15-31(35)44-37(47)26-54-33-17-9-5-13-29(33)40(50)42-21-22-43-41(51)30-14-6-10-18-34(30)55-27-38(48)45-32-16-8-12-20-36(32)53-25-28/h5-20,28H,3-4,21-27H2,1-2H3,(H,42,50)(H,43,51)(H,44,47)(H,45,48). The van der Waals surface area contributed by atoms with Gasteiger partial charge in [-0.15, -0.1) is 0 Å². The molecule has 15 nitrogen and oxygen atoms in total. The number of amides is 4. The molecule has 56 heavy (non-hydrogen) atoms. The summed E-state index contributed by atoms with van der Waals surface area (Å²) in [5.74, 6) is -1.53. The first kappa shape index (κ1) is 40.6. The summed E-state index contributed by atoms with van der Waals surface area (Å²) < 4.78 is 29.5. The topological polar surface area (TPSA) is 183 Å². The van der Waals surface area contributed by atoms with Crippen molar-refractivity contribution in [2.45, 2.75) is 20.0 Å². The minimum Gasteiger partial charge on any atom is -0.487 e. The lowest BCUT2D eigenvalue weighted by atomic mass is 10.2. The number of anilines is 2. The summed E-state index contributed by atoms with van der Waals surface area (Å²) >= 11 is 0. The van der Waals surface area contributed by atoms with Crippen LogP contribution in [0.5, 0.6) is 23.0 Å². The van der Waals surface area contributed by atoms with Gasteiger partial charge in [0.2, 0.25) is 0 Å². The van der Waals surface area contributed by atoms with Gasteiger partial charge in [0, 0.05) is 13.1 Å². The number of fused-ring (bicyclic) bond motifs is 4. The molecule has 0 fully saturated rings. The summed E-state index contributed by atoms with van der Waals surface area (Å²) in [7, 11) is 0. The third-order valence-electron chi connectivity index (χ3n) is 8.39. The maximum atomic E-state index is 13.1. The molecular weight excluding hydrogens is 722 g/mol. The Balaban J connectivity index is 1.38. The second-order valence-electron chi connectivity index (χ2n) is 12.4. The Kier molecular flexibility index (Phi) is 15.0. The van der Waals surface area contributed by atoms with Crippen molar-refractivity contribution in [1.82, 2.24) is 15.5 Å². The number of para-hydroxylation sites is 6. The quantitative estimate of drug-likeness (QED) is 0.216. The Morgan fingerprint density at radius 3 is 1.46 bits per heavy atom. The van der Waals surface area contributed by atoms with Gasteiger partial charge in [-0.25, -0.2) is 0 Å². The van der Waals surface area contributed by atoms with Crippen molar-refractivity contribution in [3.05, 3.63) is 108 Å². The first-order chi connectivity index (χ1) is 27.2. The predicted molar refractivity (Wildman–Crippen MR) is 207 cm³/mol. The van der Waals surface area contributed by atoms with E-state index < -0.39 is 48.9 Å². The lowest BCUT2D eigenvalue weighted by Crippen LogP contribution is -2.37. The van der Waals surface area contributed by atoms with Gasteiger partial charge in [0.1, 0.15) is 36.2 Å². The van der Waals surface area contributed by atoms with E-state index in [0.717, 1.165) is 0 Å². The number of rotatable bonds is 5. The number of nitrogens with one attached hydrogen (secondary N) is 4. The smallest absolute Gasteiger partial charge is 0.320 e. The van der Waals surface area contributed by atoms with Crippen LogP contribution in [0.15, 0.2) is 97.1 Å². The summed E-state index contributed by atoms with van der Waals surface area (Å²) in [5.41, 5.74) is 1.04. The molecule has 0 atom stereocenters. The minimum atomic E-state index is -0.912. The van der Waals surface area contributed by atoms with Crippen molar-refractivity contribution in [3.63, 3.8) is 0 Å². The molecule has 0 saturated heterocycles. The third kappa shape index (κ3) is 11.9. The number of likely N-dealkylation sites (N-methyl/N-ethyl adjacent to an activating group) is 1. The van der Waals surface area contributed by atoms with Gasteiger partial charge in [0.25, 0.3) is 23.6 Å². The zero-order valence-corrected chi connectivity index (χ0v) is 31.2. The van der Waals surface area contributed by atoms with Crippen LogP contribution in [-0.4, -0.2) is 99.8 Å². The Hall–Kier alpha value is -6.61. The van der Waals surface area contributed by atoms with Crippen LogP contribution < -0.4 is 40.2 Å². The minimum absolute atomic E-state index is 0.0539. The largest absolute Gasteiger partial charge is 0.487 e. The van der Waals surface area contributed by atoms with Gasteiger partial charge in [0.15, 0.2) is 19.3 Å². The highest BCUT2D eigenvalue weighted by Crippen LogP contribution is 2.27. The first-order valence-electron chi connectivity index (χ1n) is 18.2. The fraction of sp³-hybridized carbons (Fsp3) is 0.293. The molecule has 4 aromatic rings. The van der Waals surface area contributed by atoms with Crippen molar-refractivity contribution in [3.8, 4) is 23.0 Å². The number of esters is 1. The Bertz CT molecular complexity index is 1860. The lowest BCUT2D eigenvalue weighted by Gasteiger charge is -2.23. The van der Waals surface area contributed by atoms with Gasteiger partial charge in [-0.3, -0.25) is 28.9 Å². The van der Waals surface area contributed by atoms with Gasteiger partial charge in [-0.1, -0.05) is 62.4 Å². The van der Waals surface area contributed by atoms with E-state index in [1.54, 1.807) is 97.1 Å². The van der Waals surface area contributed by atoms with Gasteiger partial charge < -0.3 is 45.0 Å². The summed E-state index contributed by atoms with van der Waals surface area (Å²) in [6.07, 6.45) is -0.912. The van der Waals surface area contributed by atoms with E-state index in [0.29, 0.717) is 36.0 Å². The predicted octanol–water partition coefficient (Wildman–Crippen LogP) is 3.91. The number of hydrogen-bond donors (Lipinski definition) is 4. The first-order valence-corrected chi connectivity index (χ1v) is 18.2. The lowest BCUT2D eigenvalue weighted by molar-refractivity contribution is -0.153. The van der Waals surface area contributed by atoms with E-state index >= 15 is 0 Å². The zero-order chi connectivity index (χ0) is 39.7. The molecular formula is C41H45N5O10. The van der Waals surface area contributed by atoms with Crippen LogP contribution in [0, 0.1) is 0 Å². The van der Waals surface area contributed by atoms with Gasteiger partial charge >= 0.3 is 5.97 Å². The van der Waals surface area contributed by atoms with Crippen molar-refractivity contribution < 1.29 is 47.7 Å². The van der Waals surface area contributed by atoms with Crippen LogP contribution in [0.1, 0.15) is 34.6 Å². The molecule has 4 aromatic carbocycles. The highest BCUT2D eigenvalue weighted by atomic mass is 16.6. The number of nitrogens with zero attached hydrogens (tertiary/aromatic N) is 1. The van der Waals surface area contributed by atoms with Crippen LogP contribution >= 0.6 is 0 Å². The van der Waals surface area contributed by atoms with Crippen molar-refractivity contribution in [2.75, 3.05) is 69.8 Å². The van der Waals surface area contributed by atoms with E-state index in [-0.39, 0.29) is 55.5 Å². The van der Waals surface area contributed by atoms with Crippen LogP contribution in [0.25, 0.3) is 0 Å². The highest BCUT2D eigenvalue weighted by molar-refractivity contribution is 5.99. The van der Waals surface area contributed by atoms with Gasteiger partial charge in [-0.05, 0) is 61.6 Å². The molecule has 0 aliphatic carbocycles. The van der Waals surface area contributed by atoms with Gasteiger partial charge in [0.05, 0.1) is 29.0 Å². The van der Waals surface area contributed by atoms with Crippen LogP contribution in [-0.2, 0) is 19.1 Å². The van der Waals surface area contributed by atoms with Crippen molar-refractivity contribution in [1.29, 1.82) is 0 Å². The van der Waals surface area contributed by atoms with Crippen molar-refractivity contribution >= 4 is 41.0 Å². The normalized spacial score (nSPS) is 15.1. The summed E-state index contributed by atoms with van der Waals surface area (Å²) in [6, 6.07) is 26.4. The number of ether oxygens (including phenoxy) is 5. The summed E-state index contributed by atoms with van der Waals surface area (Å²) in [4.78, 5) is 67.2. The van der Waals surface area contributed by atoms with Crippen molar-refractivity contribution in [2.24, 2.45) is 0 Å². The number of carbonyl (C=O) groups is 5. The molecule has 4 N–H and O–H groups in total. The van der Waals surface area contributed by atoms with E-state index in [1.165, 1.54) is 0 Å². The fourth-order valence-corrected chi connectivity index (χ4v) is 5.49. The van der Waals surface area contributed by atoms with Crippen LogP contribution in [0.3, 0.4) is 0 Å². The number of hydrogen-bond acceptors (Lipinski definition) is 11. The maximum absolute atomic E-state index is 13.1. The van der Waals surface area contributed by atoms with E-state index in [4.69, 9.17) is 23.7 Å². The van der Waals surface area contributed by atoms with Crippen LogP contribution in [0.4, 0.5) is 11.4 Å².